The van der Waals surface area contributed by atoms with Gasteiger partial charge in [-0.15, -0.1) is 0 Å². The highest BCUT2D eigenvalue weighted by molar-refractivity contribution is 7.89. The van der Waals surface area contributed by atoms with Crippen LogP contribution in [0, 0.1) is 0 Å². The van der Waals surface area contributed by atoms with Gasteiger partial charge in [0, 0.05) is 50.5 Å². The van der Waals surface area contributed by atoms with Crippen molar-refractivity contribution in [1.29, 1.82) is 0 Å². The van der Waals surface area contributed by atoms with Gasteiger partial charge in [-0.05, 0) is 49.0 Å². The standard InChI is InChI=1S/C21H27ClN4O3S/c1-24-11-13-26(14-12-24)19-7-3-17(4-8-19)15-23-21(27)16-25(2)30(28,29)20-9-5-18(22)6-10-20/h3-10H,11-16H2,1-2H3,(H,23,27). The molecule has 1 fully saturated rings. The molecule has 0 aromatic heterocycles. The van der Waals surface area contributed by atoms with E-state index in [4.69, 9.17) is 11.6 Å². The molecule has 2 aromatic rings. The molecule has 0 aliphatic carbocycles. The van der Waals surface area contributed by atoms with Gasteiger partial charge in [0.15, 0.2) is 0 Å². The van der Waals surface area contributed by atoms with Crippen LogP contribution in [0.2, 0.25) is 5.02 Å². The van der Waals surface area contributed by atoms with E-state index in [2.05, 4.69) is 34.3 Å². The van der Waals surface area contributed by atoms with Crippen LogP contribution in [-0.4, -0.2) is 70.3 Å². The van der Waals surface area contributed by atoms with Gasteiger partial charge in [0.1, 0.15) is 0 Å². The second kappa shape index (κ2) is 9.78. The van der Waals surface area contributed by atoms with Gasteiger partial charge < -0.3 is 15.1 Å². The molecule has 2 aromatic carbocycles. The second-order valence-corrected chi connectivity index (χ2v) is 9.93. The first-order chi connectivity index (χ1) is 14.3. The monoisotopic (exact) mass is 450 g/mol. The molecule has 7 nitrogen and oxygen atoms in total. The lowest BCUT2D eigenvalue weighted by atomic mass is 10.2. The van der Waals surface area contributed by atoms with Crippen molar-refractivity contribution in [3.8, 4) is 0 Å². The van der Waals surface area contributed by atoms with Gasteiger partial charge in [-0.2, -0.15) is 4.31 Å². The summed E-state index contributed by atoms with van der Waals surface area (Å²) in [6, 6.07) is 14.0. The summed E-state index contributed by atoms with van der Waals surface area (Å²) in [5, 5.41) is 3.23. The molecule has 1 heterocycles. The highest BCUT2D eigenvalue weighted by Gasteiger charge is 2.22. The number of hydrogen-bond acceptors (Lipinski definition) is 5. The van der Waals surface area contributed by atoms with Gasteiger partial charge >= 0.3 is 0 Å². The van der Waals surface area contributed by atoms with Crippen molar-refractivity contribution in [2.75, 3.05) is 51.7 Å². The minimum Gasteiger partial charge on any atom is -0.369 e. The number of benzene rings is 2. The molecule has 30 heavy (non-hydrogen) atoms. The van der Waals surface area contributed by atoms with E-state index in [0.29, 0.717) is 11.6 Å². The SMILES string of the molecule is CN1CCN(c2ccc(CNC(=O)CN(C)S(=O)(=O)c3ccc(Cl)cc3)cc2)CC1. The van der Waals surface area contributed by atoms with E-state index < -0.39 is 10.0 Å². The Morgan fingerprint density at radius 3 is 2.23 bits per heavy atom. The fraction of sp³-hybridized carbons (Fsp3) is 0.381. The molecule has 0 bridgehead atoms. The zero-order chi connectivity index (χ0) is 21.7. The van der Waals surface area contributed by atoms with E-state index in [1.807, 2.05) is 12.1 Å². The summed E-state index contributed by atoms with van der Waals surface area (Å²) in [7, 11) is -0.241. The van der Waals surface area contributed by atoms with Crippen LogP contribution in [0.3, 0.4) is 0 Å². The van der Waals surface area contributed by atoms with Crippen molar-refractivity contribution in [1.82, 2.24) is 14.5 Å². The van der Waals surface area contributed by atoms with E-state index in [-0.39, 0.29) is 17.3 Å². The number of halogens is 1. The number of sulfonamides is 1. The number of anilines is 1. The molecule has 1 saturated heterocycles. The molecular weight excluding hydrogens is 424 g/mol. The number of likely N-dealkylation sites (N-methyl/N-ethyl adjacent to an activating group) is 2. The molecule has 9 heteroatoms. The molecule has 0 saturated carbocycles. The highest BCUT2D eigenvalue weighted by atomic mass is 35.5. The number of carbonyl (C=O) groups excluding carboxylic acids is 1. The summed E-state index contributed by atoms with van der Waals surface area (Å²) in [4.78, 5) is 17.0. The summed E-state index contributed by atoms with van der Waals surface area (Å²) < 4.78 is 26.1. The van der Waals surface area contributed by atoms with Crippen molar-refractivity contribution in [3.63, 3.8) is 0 Å². The lowest BCUT2D eigenvalue weighted by Gasteiger charge is -2.34. The maximum Gasteiger partial charge on any atom is 0.243 e. The van der Waals surface area contributed by atoms with Crippen molar-refractivity contribution >= 4 is 33.2 Å². The maximum absolute atomic E-state index is 12.6. The predicted molar refractivity (Wildman–Crippen MR) is 119 cm³/mol. The second-order valence-electron chi connectivity index (χ2n) is 7.45. The molecule has 1 aliphatic heterocycles. The largest absolute Gasteiger partial charge is 0.369 e. The fourth-order valence-electron chi connectivity index (χ4n) is 3.22. The van der Waals surface area contributed by atoms with E-state index in [0.717, 1.165) is 36.0 Å². The van der Waals surface area contributed by atoms with E-state index >= 15 is 0 Å². The molecule has 1 aliphatic rings. The van der Waals surface area contributed by atoms with Crippen LogP contribution in [0.4, 0.5) is 5.69 Å². The van der Waals surface area contributed by atoms with Gasteiger partial charge in [-0.3, -0.25) is 4.79 Å². The van der Waals surface area contributed by atoms with Crippen molar-refractivity contribution in [2.45, 2.75) is 11.4 Å². The van der Waals surface area contributed by atoms with Gasteiger partial charge in [-0.1, -0.05) is 23.7 Å². The number of nitrogens with zero attached hydrogens (tertiary/aromatic N) is 3. The van der Waals surface area contributed by atoms with Crippen molar-refractivity contribution in [2.24, 2.45) is 0 Å². The Bertz CT molecular complexity index is 957. The van der Waals surface area contributed by atoms with Crippen LogP contribution in [0.15, 0.2) is 53.4 Å². The van der Waals surface area contributed by atoms with Crippen molar-refractivity contribution in [3.05, 3.63) is 59.1 Å². The van der Waals surface area contributed by atoms with Crippen LogP contribution >= 0.6 is 11.6 Å². The average molecular weight is 451 g/mol. The van der Waals surface area contributed by atoms with E-state index in [1.165, 1.54) is 37.0 Å². The number of hydrogen-bond donors (Lipinski definition) is 1. The minimum atomic E-state index is -3.75. The molecule has 0 atom stereocenters. The molecule has 0 radical (unpaired) electrons. The molecule has 1 N–H and O–H groups in total. The summed E-state index contributed by atoms with van der Waals surface area (Å²) in [6.45, 7) is 4.18. The number of nitrogens with one attached hydrogen (secondary N) is 1. The van der Waals surface area contributed by atoms with Crippen LogP contribution in [0.5, 0.6) is 0 Å². The first kappa shape index (κ1) is 22.6. The van der Waals surface area contributed by atoms with Crippen LogP contribution in [-0.2, 0) is 21.4 Å². The zero-order valence-corrected chi connectivity index (χ0v) is 18.8. The van der Waals surface area contributed by atoms with E-state index in [1.54, 1.807) is 0 Å². The van der Waals surface area contributed by atoms with Crippen molar-refractivity contribution < 1.29 is 13.2 Å². The quantitative estimate of drug-likeness (QED) is 0.698. The Morgan fingerprint density at radius 1 is 1.03 bits per heavy atom. The Morgan fingerprint density at radius 2 is 1.63 bits per heavy atom. The van der Waals surface area contributed by atoms with Gasteiger partial charge in [0.2, 0.25) is 15.9 Å². The van der Waals surface area contributed by atoms with Gasteiger partial charge in [-0.25, -0.2) is 8.42 Å². The van der Waals surface area contributed by atoms with Crippen LogP contribution in [0.25, 0.3) is 0 Å². The van der Waals surface area contributed by atoms with Gasteiger partial charge in [0.25, 0.3) is 0 Å². The Hall–Kier alpha value is -2.13. The number of carbonyl (C=O) groups is 1. The van der Waals surface area contributed by atoms with Gasteiger partial charge in [0.05, 0.1) is 11.4 Å². The normalized spacial score (nSPS) is 15.4. The first-order valence-electron chi connectivity index (χ1n) is 9.77. The molecule has 1 amide bonds. The Kier molecular flexibility index (Phi) is 7.36. The Balaban J connectivity index is 1.51. The third-order valence-corrected chi connectivity index (χ3v) is 7.25. The number of amides is 1. The number of rotatable bonds is 7. The zero-order valence-electron chi connectivity index (χ0n) is 17.2. The third-order valence-electron chi connectivity index (χ3n) is 5.18. The lowest BCUT2D eigenvalue weighted by molar-refractivity contribution is -0.121. The molecule has 0 spiro atoms. The average Bonchev–Trinajstić information content (AvgIpc) is 2.73. The minimum absolute atomic E-state index is 0.0988. The smallest absolute Gasteiger partial charge is 0.243 e. The summed E-state index contributed by atoms with van der Waals surface area (Å²) in [6.07, 6.45) is 0. The first-order valence-corrected chi connectivity index (χ1v) is 11.6. The summed E-state index contributed by atoms with van der Waals surface area (Å²) in [5.41, 5.74) is 2.14. The predicted octanol–water partition coefficient (Wildman–Crippen LogP) is 2.03. The summed E-state index contributed by atoms with van der Waals surface area (Å²) >= 11 is 5.81. The topological polar surface area (TPSA) is 73.0 Å². The van der Waals surface area contributed by atoms with E-state index in [9.17, 15) is 13.2 Å². The summed E-state index contributed by atoms with van der Waals surface area (Å²) in [5.74, 6) is -0.363. The maximum atomic E-state index is 12.6. The molecule has 162 valence electrons. The number of piperazine rings is 1. The third kappa shape index (κ3) is 5.72. The molecule has 0 unspecified atom stereocenters. The molecule has 3 rings (SSSR count). The fourth-order valence-corrected chi connectivity index (χ4v) is 4.47. The Labute approximate surface area is 183 Å². The van der Waals surface area contributed by atoms with Crippen LogP contribution in [0.1, 0.15) is 5.56 Å². The highest BCUT2D eigenvalue weighted by Crippen LogP contribution is 2.18. The lowest BCUT2D eigenvalue weighted by Crippen LogP contribution is -2.44. The molecular formula is C21H27ClN4O3S. The van der Waals surface area contributed by atoms with Crippen LogP contribution < -0.4 is 10.2 Å².